The summed E-state index contributed by atoms with van der Waals surface area (Å²) in [5.74, 6) is -0.986. The molecule has 5 N–H and O–H groups in total. The SMILES string of the molecule is CCC[C@@H](C)OC1OC(C)C(OC(=O)CCNC(N)=O)CC1OC(=O)CCCCOC1OC(C)C(O)CC1O. The molecule has 2 heterocycles. The molecule has 0 spiro atoms. The number of esters is 2. The van der Waals surface area contributed by atoms with Crippen LogP contribution in [0.4, 0.5) is 4.79 Å². The highest BCUT2D eigenvalue weighted by molar-refractivity contribution is 5.74. The summed E-state index contributed by atoms with van der Waals surface area (Å²) in [7, 11) is 0. The Hall–Kier alpha value is -2.03. The number of hydrogen-bond acceptors (Lipinski definition) is 11. The van der Waals surface area contributed by atoms with Gasteiger partial charge in [0.15, 0.2) is 18.7 Å². The Kier molecular flexibility index (Phi) is 14.4. The number of urea groups is 1. The number of nitrogens with two attached hydrogens (primary N) is 1. The molecule has 2 rings (SSSR count). The van der Waals surface area contributed by atoms with E-state index < -0.39 is 67.2 Å². The molecule has 0 saturated carbocycles. The normalized spacial score (nSPS) is 31.7. The Morgan fingerprint density at radius 3 is 2.31 bits per heavy atom. The number of amides is 2. The average molecular weight is 563 g/mol. The maximum atomic E-state index is 12.7. The largest absolute Gasteiger partial charge is 0.459 e. The summed E-state index contributed by atoms with van der Waals surface area (Å²) >= 11 is 0. The molecule has 0 radical (unpaired) electrons. The van der Waals surface area contributed by atoms with Gasteiger partial charge in [0.1, 0.15) is 12.2 Å². The highest BCUT2D eigenvalue weighted by atomic mass is 16.7. The Bertz CT molecular complexity index is 770. The van der Waals surface area contributed by atoms with Gasteiger partial charge in [0.05, 0.1) is 30.8 Å². The van der Waals surface area contributed by atoms with E-state index in [1.54, 1.807) is 13.8 Å². The number of primary amides is 1. The lowest BCUT2D eigenvalue weighted by Crippen LogP contribution is -2.51. The van der Waals surface area contributed by atoms with Gasteiger partial charge in [0, 0.05) is 32.4 Å². The van der Waals surface area contributed by atoms with E-state index >= 15 is 0 Å². The summed E-state index contributed by atoms with van der Waals surface area (Å²) in [6.07, 6.45) is -2.57. The summed E-state index contributed by atoms with van der Waals surface area (Å²) in [5.41, 5.74) is 5.01. The first kappa shape index (κ1) is 33.2. The van der Waals surface area contributed by atoms with Gasteiger partial charge in [-0.15, -0.1) is 0 Å². The van der Waals surface area contributed by atoms with Crippen LogP contribution in [0.2, 0.25) is 0 Å². The molecule has 0 aromatic heterocycles. The molecule has 9 atom stereocenters. The second kappa shape index (κ2) is 16.9. The lowest BCUT2D eigenvalue weighted by molar-refractivity contribution is -0.280. The molecule has 0 aliphatic carbocycles. The molecule has 2 aliphatic heterocycles. The number of unbranched alkanes of at least 4 members (excludes halogenated alkanes) is 1. The van der Waals surface area contributed by atoms with E-state index in [2.05, 4.69) is 5.32 Å². The minimum absolute atomic E-state index is 0.0470. The fourth-order valence-corrected chi connectivity index (χ4v) is 4.40. The topological polar surface area (TPSA) is 185 Å². The number of carbonyl (C=O) groups excluding carboxylic acids is 3. The number of nitrogens with one attached hydrogen (secondary N) is 1. The predicted octanol–water partition coefficient (Wildman–Crippen LogP) is 1.25. The first-order valence-electron chi connectivity index (χ1n) is 13.9. The Balaban J connectivity index is 1.83. The van der Waals surface area contributed by atoms with Crippen LogP contribution in [0.1, 0.15) is 79.1 Å². The van der Waals surface area contributed by atoms with Crippen molar-refractivity contribution in [3.05, 3.63) is 0 Å². The molecule has 0 bridgehead atoms. The van der Waals surface area contributed by atoms with Gasteiger partial charge in [-0.2, -0.15) is 0 Å². The van der Waals surface area contributed by atoms with Crippen LogP contribution in [0.3, 0.4) is 0 Å². The lowest BCUT2D eigenvalue weighted by atomic mass is 10.0. The number of ether oxygens (including phenoxy) is 6. The zero-order valence-electron chi connectivity index (χ0n) is 23.4. The molecule has 226 valence electrons. The zero-order chi connectivity index (χ0) is 28.9. The second-order valence-corrected chi connectivity index (χ2v) is 10.2. The van der Waals surface area contributed by atoms with Crippen LogP contribution in [-0.2, 0) is 38.0 Å². The van der Waals surface area contributed by atoms with Crippen molar-refractivity contribution in [2.75, 3.05) is 13.2 Å². The second-order valence-electron chi connectivity index (χ2n) is 10.2. The molecule has 0 aromatic rings. The quantitative estimate of drug-likeness (QED) is 0.166. The van der Waals surface area contributed by atoms with E-state index in [9.17, 15) is 24.6 Å². The number of hydrogen-bond donors (Lipinski definition) is 4. The third kappa shape index (κ3) is 11.9. The molecule has 2 fully saturated rings. The minimum atomic E-state index is -0.914. The first-order valence-corrected chi connectivity index (χ1v) is 13.9. The van der Waals surface area contributed by atoms with Crippen molar-refractivity contribution in [1.82, 2.24) is 5.32 Å². The van der Waals surface area contributed by atoms with Gasteiger partial charge >= 0.3 is 18.0 Å². The summed E-state index contributed by atoms with van der Waals surface area (Å²) in [4.78, 5) is 35.7. The van der Waals surface area contributed by atoms with E-state index in [1.807, 2.05) is 13.8 Å². The van der Waals surface area contributed by atoms with Crippen LogP contribution in [0, 0.1) is 0 Å². The van der Waals surface area contributed by atoms with Crippen LogP contribution in [0.5, 0.6) is 0 Å². The van der Waals surface area contributed by atoms with Crippen molar-refractivity contribution in [3.63, 3.8) is 0 Å². The van der Waals surface area contributed by atoms with Crippen molar-refractivity contribution >= 4 is 18.0 Å². The molecule has 2 aliphatic rings. The highest BCUT2D eigenvalue weighted by Crippen LogP contribution is 2.28. The van der Waals surface area contributed by atoms with Gasteiger partial charge in [-0.1, -0.05) is 13.3 Å². The summed E-state index contributed by atoms with van der Waals surface area (Å²) < 4.78 is 34.3. The van der Waals surface area contributed by atoms with E-state index in [0.717, 1.165) is 12.8 Å². The van der Waals surface area contributed by atoms with Crippen LogP contribution in [0.15, 0.2) is 0 Å². The molecule has 13 heteroatoms. The van der Waals surface area contributed by atoms with Crippen LogP contribution >= 0.6 is 0 Å². The fourth-order valence-electron chi connectivity index (χ4n) is 4.40. The van der Waals surface area contributed by atoms with E-state index in [-0.39, 0.29) is 44.9 Å². The molecule has 13 nitrogen and oxygen atoms in total. The molecular weight excluding hydrogens is 516 g/mol. The summed E-state index contributed by atoms with van der Waals surface area (Å²) in [5, 5.41) is 22.1. The van der Waals surface area contributed by atoms with Crippen LogP contribution in [-0.4, -0.2) is 96.6 Å². The average Bonchev–Trinajstić information content (AvgIpc) is 2.84. The molecular formula is C26H46N2O11. The standard InChI is InChI=1S/C26H46N2O11/c1-5-8-15(2)35-25-21(14-20(17(4)37-25)38-23(32)10-11-28-26(27)33)39-22(31)9-6-7-12-34-24-19(30)13-18(29)16(3)36-24/h15-21,24-25,29-30H,5-14H2,1-4H3,(H3,27,28,33)/t15-,16?,17?,18?,19?,20?,21?,24?,25?/m1/s1. The molecule has 0 aromatic carbocycles. The Morgan fingerprint density at radius 2 is 1.62 bits per heavy atom. The lowest BCUT2D eigenvalue weighted by Gasteiger charge is -2.40. The minimum Gasteiger partial charge on any atom is -0.459 e. The number of carbonyl (C=O) groups is 3. The van der Waals surface area contributed by atoms with Gasteiger partial charge in [-0.3, -0.25) is 9.59 Å². The monoisotopic (exact) mass is 562 g/mol. The number of rotatable bonds is 15. The van der Waals surface area contributed by atoms with Gasteiger partial charge in [-0.05, 0) is 40.0 Å². The van der Waals surface area contributed by atoms with Gasteiger partial charge < -0.3 is 49.7 Å². The van der Waals surface area contributed by atoms with E-state index in [0.29, 0.717) is 12.8 Å². The van der Waals surface area contributed by atoms with Crippen molar-refractivity contribution in [1.29, 1.82) is 0 Å². The van der Waals surface area contributed by atoms with Gasteiger partial charge in [0.2, 0.25) is 0 Å². The van der Waals surface area contributed by atoms with Crippen LogP contribution < -0.4 is 11.1 Å². The Morgan fingerprint density at radius 1 is 0.949 bits per heavy atom. The van der Waals surface area contributed by atoms with E-state index in [4.69, 9.17) is 34.2 Å². The highest BCUT2D eigenvalue weighted by Gasteiger charge is 2.41. The van der Waals surface area contributed by atoms with Crippen molar-refractivity contribution in [2.45, 2.75) is 134 Å². The maximum Gasteiger partial charge on any atom is 0.312 e. The fraction of sp³-hybridized carbons (Fsp3) is 0.885. The maximum absolute atomic E-state index is 12.7. The Labute approximate surface area is 229 Å². The van der Waals surface area contributed by atoms with Gasteiger partial charge in [0.25, 0.3) is 0 Å². The molecule has 2 saturated heterocycles. The van der Waals surface area contributed by atoms with E-state index in [1.165, 1.54) is 0 Å². The number of aliphatic hydroxyl groups is 2. The molecule has 39 heavy (non-hydrogen) atoms. The van der Waals surface area contributed by atoms with Gasteiger partial charge in [-0.25, -0.2) is 4.79 Å². The number of aliphatic hydroxyl groups excluding tert-OH is 2. The summed E-state index contributed by atoms with van der Waals surface area (Å²) in [6.45, 7) is 7.75. The molecule has 8 unspecified atom stereocenters. The third-order valence-corrected chi connectivity index (χ3v) is 6.64. The van der Waals surface area contributed by atoms with Crippen molar-refractivity contribution in [3.8, 4) is 0 Å². The predicted molar refractivity (Wildman–Crippen MR) is 137 cm³/mol. The smallest absolute Gasteiger partial charge is 0.312 e. The van der Waals surface area contributed by atoms with Crippen molar-refractivity contribution < 1.29 is 53.0 Å². The third-order valence-electron chi connectivity index (χ3n) is 6.64. The van der Waals surface area contributed by atoms with Crippen LogP contribution in [0.25, 0.3) is 0 Å². The molecule has 2 amide bonds. The first-order chi connectivity index (χ1) is 18.5. The zero-order valence-corrected chi connectivity index (χ0v) is 23.4. The van der Waals surface area contributed by atoms with Crippen molar-refractivity contribution in [2.24, 2.45) is 5.73 Å². The summed E-state index contributed by atoms with van der Waals surface area (Å²) in [6, 6.07) is -0.730.